The number of nitrogens with zero attached hydrogens (tertiary/aromatic N) is 1. The van der Waals surface area contributed by atoms with E-state index in [0.717, 1.165) is 39.0 Å². The maximum Gasteiger partial charge on any atom is 0.159 e. The highest BCUT2D eigenvalue weighted by atomic mass is 16.3. The number of anilines is 3. The van der Waals surface area contributed by atoms with Crippen LogP contribution in [-0.2, 0) is 21.7 Å². The van der Waals surface area contributed by atoms with Gasteiger partial charge in [0.15, 0.2) is 5.58 Å². The van der Waals surface area contributed by atoms with Crippen molar-refractivity contribution in [2.45, 2.75) is 63.2 Å². The van der Waals surface area contributed by atoms with Gasteiger partial charge < -0.3 is 9.32 Å². The van der Waals surface area contributed by atoms with E-state index in [1.54, 1.807) is 0 Å². The quantitative estimate of drug-likeness (QED) is 0.175. The number of rotatable bonds is 3. The van der Waals surface area contributed by atoms with Gasteiger partial charge in [-0.05, 0) is 135 Å². The molecule has 1 heterocycles. The first kappa shape index (κ1) is 43.7. The fraction of sp³-hybridized carbons (Fsp3) is 0.135. The third kappa shape index (κ3) is 5.41. The Balaban J connectivity index is 1.05. The van der Waals surface area contributed by atoms with Gasteiger partial charge in [0, 0.05) is 21.9 Å². The summed E-state index contributed by atoms with van der Waals surface area (Å²) in [4.78, 5) is 2.59. The van der Waals surface area contributed by atoms with E-state index in [0.29, 0.717) is 0 Å². The first-order chi connectivity index (χ1) is 37.0. The van der Waals surface area contributed by atoms with Crippen LogP contribution in [0, 0.1) is 0 Å². The molecule has 0 atom stereocenters. The molecule has 2 heteroatoms. The summed E-state index contributed by atoms with van der Waals surface area (Å²) in [5.41, 5.74) is 27.3. The Morgan fingerprint density at radius 3 is 1.28 bits per heavy atom. The summed E-state index contributed by atoms with van der Waals surface area (Å²) in [5.74, 6) is 0. The van der Waals surface area contributed by atoms with Crippen molar-refractivity contribution in [2.75, 3.05) is 4.90 Å². The zero-order valence-electron chi connectivity index (χ0n) is 43.7. The maximum atomic E-state index is 7.31. The van der Waals surface area contributed by atoms with Crippen molar-refractivity contribution in [3.63, 3.8) is 0 Å². The van der Waals surface area contributed by atoms with Crippen LogP contribution in [0.2, 0.25) is 0 Å². The standard InChI is InChI=1S/C74H55NO/c1-71(2,3)45-37-39-50-51-40-38-46(72(4,5)6)43-62(51)74(61(50)42-45)58-30-16-12-25-53(58)69-60(74)32-19-34-64(69)75(65-35-17-26-54-67-47-21-8-7-20-44(47)36-41-66(67)76-70(54)65)63-33-18-31-59-68(63)52-24-11-15-29-57(52)73(59)55-27-13-9-22-48(55)49-23-10-14-28-56(49)73/h7-43H,1-6H3. The second-order valence-corrected chi connectivity index (χ2v) is 23.9. The normalized spacial score (nSPS) is 14.7. The van der Waals surface area contributed by atoms with Gasteiger partial charge >= 0.3 is 0 Å². The fourth-order valence-electron chi connectivity index (χ4n) is 14.8. The van der Waals surface area contributed by atoms with Crippen LogP contribution in [-0.4, -0.2) is 0 Å². The lowest BCUT2D eigenvalue weighted by Crippen LogP contribution is -2.27. The van der Waals surface area contributed by atoms with Gasteiger partial charge in [-0.3, -0.25) is 0 Å². The van der Waals surface area contributed by atoms with Gasteiger partial charge in [-0.15, -0.1) is 0 Å². The molecule has 16 rings (SSSR count). The monoisotopic (exact) mass is 973 g/mol. The van der Waals surface area contributed by atoms with Gasteiger partial charge in [-0.25, -0.2) is 0 Å². The minimum absolute atomic E-state index is 0.0561. The Kier molecular flexibility index (Phi) is 8.61. The summed E-state index contributed by atoms with van der Waals surface area (Å²) in [7, 11) is 0. The van der Waals surface area contributed by atoms with E-state index >= 15 is 0 Å². The number of furan rings is 1. The van der Waals surface area contributed by atoms with Crippen LogP contribution < -0.4 is 4.90 Å². The van der Waals surface area contributed by atoms with Crippen molar-refractivity contribution in [2.24, 2.45) is 0 Å². The molecule has 0 radical (unpaired) electrons. The highest BCUT2D eigenvalue weighted by Crippen LogP contribution is 2.68. The molecule has 2 nitrogen and oxygen atoms in total. The molecular formula is C74H55NO. The summed E-state index contributed by atoms with van der Waals surface area (Å²) in [6.45, 7) is 14.1. The number of para-hydroxylation sites is 1. The molecule has 0 amide bonds. The van der Waals surface area contributed by atoms with Crippen molar-refractivity contribution in [3.05, 3.63) is 280 Å². The summed E-state index contributed by atoms with van der Waals surface area (Å²) >= 11 is 0. The molecule has 0 N–H and O–H groups in total. The topological polar surface area (TPSA) is 16.4 Å². The largest absolute Gasteiger partial charge is 0.454 e. The minimum atomic E-state index is -0.586. The van der Waals surface area contributed by atoms with Crippen molar-refractivity contribution in [1.29, 1.82) is 0 Å². The van der Waals surface area contributed by atoms with Crippen LogP contribution in [0.3, 0.4) is 0 Å². The molecular weight excluding hydrogens is 919 g/mol. The van der Waals surface area contributed by atoms with Crippen molar-refractivity contribution in [3.8, 4) is 44.5 Å². The van der Waals surface area contributed by atoms with Crippen LogP contribution in [0.15, 0.2) is 229 Å². The lowest BCUT2D eigenvalue weighted by molar-refractivity contribution is 0.586. The highest BCUT2D eigenvalue weighted by molar-refractivity contribution is 6.21. The molecule has 0 bridgehead atoms. The number of hydrogen-bond donors (Lipinski definition) is 0. The molecule has 4 aliphatic carbocycles. The number of fused-ring (bicyclic) bond motifs is 25. The Bertz CT molecular complexity index is 4400. The smallest absolute Gasteiger partial charge is 0.159 e. The van der Waals surface area contributed by atoms with Crippen LogP contribution in [0.1, 0.15) is 97.2 Å². The highest BCUT2D eigenvalue weighted by Gasteiger charge is 2.55. The number of benzene rings is 11. The van der Waals surface area contributed by atoms with Gasteiger partial charge in [0.05, 0.1) is 27.9 Å². The van der Waals surface area contributed by atoms with Crippen molar-refractivity contribution >= 4 is 49.8 Å². The zero-order valence-corrected chi connectivity index (χ0v) is 43.7. The van der Waals surface area contributed by atoms with Crippen molar-refractivity contribution < 1.29 is 4.42 Å². The Morgan fingerprint density at radius 2 is 0.737 bits per heavy atom. The van der Waals surface area contributed by atoms with Gasteiger partial charge in [-0.1, -0.05) is 242 Å². The van der Waals surface area contributed by atoms with Crippen LogP contribution in [0.4, 0.5) is 17.1 Å². The van der Waals surface area contributed by atoms with Crippen LogP contribution >= 0.6 is 0 Å². The lowest BCUT2D eigenvalue weighted by Gasteiger charge is -2.34. The molecule has 12 aromatic rings. The van der Waals surface area contributed by atoms with E-state index in [9.17, 15) is 0 Å². The van der Waals surface area contributed by atoms with Gasteiger partial charge in [-0.2, -0.15) is 0 Å². The Morgan fingerprint density at radius 1 is 0.329 bits per heavy atom. The van der Waals surface area contributed by atoms with Gasteiger partial charge in [0.1, 0.15) is 5.58 Å². The molecule has 0 saturated heterocycles. The van der Waals surface area contributed by atoms with E-state index in [-0.39, 0.29) is 10.8 Å². The molecule has 362 valence electrons. The summed E-state index contributed by atoms with van der Waals surface area (Å²) in [6.07, 6.45) is 0. The lowest BCUT2D eigenvalue weighted by atomic mass is 9.69. The molecule has 11 aromatic carbocycles. The second-order valence-electron chi connectivity index (χ2n) is 23.9. The third-order valence-electron chi connectivity index (χ3n) is 18.0. The van der Waals surface area contributed by atoms with E-state index in [1.165, 1.54) is 111 Å². The molecule has 2 spiro atoms. The van der Waals surface area contributed by atoms with E-state index in [4.69, 9.17) is 4.42 Å². The van der Waals surface area contributed by atoms with E-state index < -0.39 is 10.8 Å². The Labute approximate surface area is 444 Å². The van der Waals surface area contributed by atoms with E-state index in [1.807, 2.05) is 0 Å². The maximum absolute atomic E-state index is 7.31. The average Bonchev–Trinajstić information content (AvgIpc) is 4.42. The zero-order chi connectivity index (χ0) is 51.0. The van der Waals surface area contributed by atoms with Crippen LogP contribution in [0.25, 0.3) is 77.2 Å². The molecule has 0 unspecified atom stereocenters. The predicted molar refractivity (Wildman–Crippen MR) is 316 cm³/mol. The second kappa shape index (κ2) is 15.0. The first-order valence-electron chi connectivity index (χ1n) is 27.1. The summed E-state index contributed by atoms with van der Waals surface area (Å²) in [6, 6.07) is 85.6. The van der Waals surface area contributed by atoms with Gasteiger partial charge in [0.25, 0.3) is 0 Å². The molecule has 4 aliphatic rings. The fourth-order valence-corrected chi connectivity index (χ4v) is 14.8. The SMILES string of the molecule is CC(C)(C)c1ccc2c(c1)C1(c3cc(C(C)(C)C)ccc3-2)c2ccccc2-c2c(N(c3cccc4c3-c3ccccc3C43c4ccccc4-c4ccccc43)c3cccc4c3oc3ccc5ccccc5c34)cccc21. The minimum Gasteiger partial charge on any atom is -0.454 e. The number of hydrogen-bond acceptors (Lipinski definition) is 2. The third-order valence-corrected chi connectivity index (χ3v) is 18.0. The molecule has 0 aliphatic heterocycles. The van der Waals surface area contributed by atoms with E-state index in [2.05, 4.69) is 271 Å². The first-order valence-corrected chi connectivity index (χ1v) is 27.1. The molecule has 76 heavy (non-hydrogen) atoms. The van der Waals surface area contributed by atoms with Crippen molar-refractivity contribution in [1.82, 2.24) is 0 Å². The van der Waals surface area contributed by atoms with Crippen LogP contribution in [0.5, 0.6) is 0 Å². The predicted octanol–water partition coefficient (Wildman–Crippen LogP) is 19.5. The molecule has 1 aromatic heterocycles. The Hall–Kier alpha value is -8.72. The van der Waals surface area contributed by atoms with Gasteiger partial charge in [0.2, 0.25) is 0 Å². The summed E-state index contributed by atoms with van der Waals surface area (Å²) < 4.78 is 7.31. The summed E-state index contributed by atoms with van der Waals surface area (Å²) in [5, 5.41) is 4.63. The average molecular weight is 974 g/mol. The molecule has 0 fully saturated rings. The molecule has 0 saturated carbocycles.